The van der Waals surface area contributed by atoms with E-state index >= 15 is 0 Å². The second kappa shape index (κ2) is 6.90. The zero-order valence-corrected chi connectivity index (χ0v) is 14.2. The number of hydrogen-bond acceptors (Lipinski definition) is 3. The van der Waals surface area contributed by atoms with Crippen molar-refractivity contribution in [3.63, 3.8) is 0 Å². The molecule has 0 bridgehead atoms. The molecule has 1 amide bonds. The van der Waals surface area contributed by atoms with Crippen LogP contribution in [0.1, 0.15) is 38.3 Å². The summed E-state index contributed by atoms with van der Waals surface area (Å²) in [6.45, 7) is 5.59. The van der Waals surface area contributed by atoms with Crippen molar-refractivity contribution in [3.05, 3.63) is 34.3 Å². The van der Waals surface area contributed by atoms with Crippen LogP contribution in [-0.4, -0.2) is 41.1 Å². The van der Waals surface area contributed by atoms with Crippen LogP contribution in [0.25, 0.3) is 0 Å². The number of benzene rings is 1. The van der Waals surface area contributed by atoms with Gasteiger partial charge in [0.25, 0.3) is 0 Å². The molecule has 0 aliphatic carbocycles. The van der Waals surface area contributed by atoms with Gasteiger partial charge in [-0.2, -0.15) is 0 Å². The van der Waals surface area contributed by atoms with Gasteiger partial charge in [-0.25, -0.2) is 0 Å². The predicted octanol–water partition coefficient (Wildman–Crippen LogP) is 2.47. The third kappa shape index (κ3) is 4.53. The number of amides is 1. The van der Waals surface area contributed by atoms with Crippen LogP contribution in [0.3, 0.4) is 0 Å². The van der Waals surface area contributed by atoms with Crippen molar-refractivity contribution in [1.29, 1.82) is 0 Å². The number of nitrogens with zero attached hydrogens (tertiary/aromatic N) is 1. The molecule has 116 valence electrons. The van der Waals surface area contributed by atoms with Crippen LogP contribution in [-0.2, 0) is 4.79 Å². The third-order valence-corrected chi connectivity index (χ3v) is 4.39. The quantitative estimate of drug-likeness (QED) is 0.824. The maximum Gasteiger partial charge on any atom is 0.234 e. The van der Waals surface area contributed by atoms with Gasteiger partial charge in [0.05, 0.1) is 18.2 Å². The molecule has 0 radical (unpaired) electrons. The maximum atomic E-state index is 12.0. The van der Waals surface area contributed by atoms with Crippen molar-refractivity contribution >= 4 is 21.8 Å². The van der Waals surface area contributed by atoms with E-state index in [-0.39, 0.29) is 11.9 Å². The molecule has 5 heteroatoms. The Labute approximate surface area is 134 Å². The molecule has 0 spiro atoms. The number of rotatable bonds is 6. The highest BCUT2D eigenvalue weighted by molar-refractivity contribution is 9.10. The molecule has 2 rings (SSSR count). The largest absolute Gasteiger partial charge is 0.387 e. The summed E-state index contributed by atoms with van der Waals surface area (Å²) in [6.07, 6.45) is 1.78. The van der Waals surface area contributed by atoms with Crippen molar-refractivity contribution in [2.45, 2.75) is 38.3 Å². The minimum atomic E-state index is -0.577. The van der Waals surface area contributed by atoms with Crippen LogP contribution in [0.4, 0.5) is 0 Å². The summed E-state index contributed by atoms with van der Waals surface area (Å²) < 4.78 is 1.03. The molecule has 1 saturated heterocycles. The second-order valence-corrected chi connectivity index (χ2v) is 6.88. The topological polar surface area (TPSA) is 52.6 Å². The SMILES string of the molecule is CCCC1(O)CN(CC(=O)NC(C)c2ccc(Br)cc2)C1. The van der Waals surface area contributed by atoms with Crippen molar-refractivity contribution in [1.82, 2.24) is 10.2 Å². The molecule has 1 aromatic rings. The van der Waals surface area contributed by atoms with Crippen LogP contribution >= 0.6 is 15.9 Å². The summed E-state index contributed by atoms with van der Waals surface area (Å²) in [6, 6.07) is 7.93. The van der Waals surface area contributed by atoms with E-state index in [1.807, 2.05) is 36.1 Å². The van der Waals surface area contributed by atoms with E-state index in [0.29, 0.717) is 19.6 Å². The molecule has 1 aliphatic rings. The van der Waals surface area contributed by atoms with Gasteiger partial charge in [-0.05, 0) is 31.0 Å². The maximum absolute atomic E-state index is 12.0. The minimum absolute atomic E-state index is 0.00367. The van der Waals surface area contributed by atoms with Gasteiger partial charge in [0.1, 0.15) is 0 Å². The molecule has 0 saturated carbocycles. The first-order valence-electron chi connectivity index (χ1n) is 7.41. The zero-order chi connectivity index (χ0) is 15.5. The first-order chi connectivity index (χ1) is 9.92. The lowest BCUT2D eigenvalue weighted by Gasteiger charge is -2.46. The number of halogens is 1. The Morgan fingerprint density at radius 1 is 1.43 bits per heavy atom. The Balaban J connectivity index is 1.76. The number of aliphatic hydroxyl groups is 1. The van der Waals surface area contributed by atoms with E-state index in [0.717, 1.165) is 22.9 Å². The van der Waals surface area contributed by atoms with Gasteiger partial charge in [0.15, 0.2) is 0 Å². The normalized spacial score (nSPS) is 18.9. The summed E-state index contributed by atoms with van der Waals surface area (Å²) in [5.41, 5.74) is 0.504. The Kier molecular flexibility index (Phi) is 5.41. The molecule has 21 heavy (non-hydrogen) atoms. The van der Waals surface area contributed by atoms with Gasteiger partial charge >= 0.3 is 0 Å². The molecule has 0 aromatic heterocycles. The van der Waals surface area contributed by atoms with Gasteiger partial charge in [-0.3, -0.25) is 9.69 Å². The van der Waals surface area contributed by atoms with E-state index in [1.165, 1.54) is 0 Å². The van der Waals surface area contributed by atoms with E-state index in [2.05, 4.69) is 28.2 Å². The van der Waals surface area contributed by atoms with Crippen molar-refractivity contribution in [3.8, 4) is 0 Å². The summed E-state index contributed by atoms with van der Waals surface area (Å²) in [5, 5.41) is 13.1. The van der Waals surface area contributed by atoms with E-state index in [9.17, 15) is 9.90 Å². The smallest absolute Gasteiger partial charge is 0.234 e. The molecular weight excluding hydrogens is 332 g/mol. The molecule has 1 fully saturated rings. The number of β-amino-alcohol motifs (C(OH)–C–C–N with tert-alkyl or cyclic N) is 1. The Bertz CT molecular complexity index is 484. The highest BCUT2D eigenvalue weighted by Gasteiger charge is 2.40. The summed E-state index contributed by atoms with van der Waals surface area (Å²) in [5.74, 6) is 0.00367. The third-order valence-electron chi connectivity index (χ3n) is 3.87. The average molecular weight is 355 g/mol. The van der Waals surface area contributed by atoms with Gasteiger partial charge < -0.3 is 10.4 Å². The van der Waals surface area contributed by atoms with Crippen LogP contribution in [0.15, 0.2) is 28.7 Å². The van der Waals surface area contributed by atoms with Crippen LogP contribution < -0.4 is 5.32 Å². The number of carbonyl (C=O) groups is 1. The van der Waals surface area contributed by atoms with Gasteiger partial charge in [-0.15, -0.1) is 0 Å². The Morgan fingerprint density at radius 2 is 2.05 bits per heavy atom. The fourth-order valence-electron chi connectivity index (χ4n) is 2.85. The van der Waals surface area contributed by atoms with Crippen LogP contribution in [0, 0.1) is 0 Å². The van der Waals surface area contributed by atoms with E-state index < -0.39 is 5.60 Å². The molecule has 1 heterocycles. The number of hydrogen-bond donors (Lipinski definition) is 2. The standard InChI is InChI=1S/C16H23BrN2O2/c1-3-8-16(21)10-19(11-16)9-15(20)18-12(2)13-4-6-14(17)7-5-13/h4-7,12,21H,3,8-11H2,1-2H3,(H,18,20). The van der Waals surface area contributed by atoms with Crippen molar-refractivity contribution < 1.29 is 9.90 Å². The first kappa shape index (κ1) is 16.5. The van der Waals surface area contributed by atoms with Gasteiger partial charge in [0, 0.05) is 17.6 Å². The van der Waals surface area contributed by atoms with E-state index in [4.69, 9.17) is 0 Å². The first-order valence-corrected chi connectivity index (χ1v) is 8.21. The lowest BCUT2D eigenvalue weighted by Crippen LogP contribution is -2.63. The summed E-state index contributed by atoms with van der Waals surface area (Å²) in [4.78, 5) is 14.0. The second-order valence-electron chi connectivity index (χ2n) is 5.96. The fourth-order valence-corrected chi connectivity index (χ4v) is 3.11. The van der Waals surface area contributed by atoms with Crippen molar-refractivity contribution in [2.24, 2.45) is 0 Å². The molecule has 1 aromatic carbocycles. The van der Waals surface area contributed by atoms with Crippen molar-refractivity contribution in [2.75, 3.05) is 19.6 Å². The molecular formula is C16H23BrN2O2. The lowest BCUT2D eigenvalue weighted by atomic mass is 9.89. The zero-order valence-electron chi connectivity index (χ0n) is 12.6. The Morgan fingerprint density at radius 3 is 2.62 bits per heavy atom. The number of likely N-dealkylation sites (tertiary alicyclic amines) is 1. The number of carbonyl (C=O) groups excluding carboxylic acids is 1. The Hall–Kier alpha value is -0.910. The number of nitrogens with one attached hydrogen (secondary N) is 1. The molecule has 2 N–H and O–H groups in total. The lowest BCUT2D eigenvalue weighted by molar-refractivity contribution is -0.134. The summed E-state index contributed by atoms with van der Waals surface area (Å²) >= 11 is 3.40. The summed E-state index contributed by atoms with van der Waals surface area (Å²) in [7, 11) is 0. The highest BCUT2D eigenvalue weighted by atomic mass is 79.9. The van der Waals surface area contributed by atoms with Gasteiger partial charge in [0.2, 0.25) is 5.91 Å². The molecule has 1 atom stereocenters. The molecule has 1 unspecified atom stereocenters. The van der Waals surface area contributed by atoms with E-state index in [1.54, 1.807) is 0 Å². The highest BCUT2D eigenvalue weighted by Crippen LogP contribution is 2.25. The average Bonchev–Trinajstić information content (AvgIpc) is 2.37. The molecule has 1 aliphatic heterocycles. The molecule has 4 nitrogen and oxygen atoms in total. The van der Waals surface area contributed by atoms with Crippen LogP contribution in [0.2, 0.25) is 0 Å². The monoisotopic (exact) mass is 354 g/mol. The fraction of sp³-hybridized carbons (Fsp3) is 0.562. The minimum Gasteiger partial charge on any atom is -0.387 e. The van der Waals surface area contributed by atoms with Gasteiger partial charge in [-0.1, -0.05) is 41.4 Å². The van der Waals surface area contributed by atoms with Crippen LogP contribution in [0.5, 0.6) is 0 Å². The predicted molar refractivity (Wildman–Crippen MR) is 87.0 cm³/mol.